The molecule has 1 fully saturated rings. The van der Waals surface area contributed by atoms with Gasteiger partial charge < -0.3 is 20.3 Å². The summed E-state index contributed by atoms with van der Waals surface area (Å²) >= 11 is 0. The van der Waals surface area contributed by atoms with Crippen LogP contribution in [0.3, 0.4) is 0 Å². The van der Waals surface area contributed by atoms with Crippen molar-refractivity contribution in [3.63, 3.8) is 0 Å². The lowest BCUT2D eigenvalue weighted by Crippen LogP contribution is -2.32. The minimum absolute atomic E-state index is 0.0967. The van der Waals surface area contributed by atoms with E-state index in [1.807, 2.05) is 72.9 Å². The number of pyridine rings is 1. The second-order valence-corrected chi connectivity index (χ2v) is 9.24. The van der Waals surface area contributed by atoms with Gasteiger partial charge in [0.25, 0.3) is 0 Å². The zero-order chi connectivity index (χ0) is 25.3. The van der Waals surface area contributed by atoms with Gasteiger partial charge in [0.05, 0.1) is 35.5 Å². The Bertz CT molecular complexity index is 1160. The van der Waals surface area contributed by atoms with Crippen molar-refractivity contribution < 1.29 is 9.53 Å². The van der Waals surface area contributed by atoms with E-state index in [2.05, 4.69) is 33.5 Å². The van der Waals surface area contributed by atoms with E-state index in [0.717, 1.165) is 36.3 Å². The number of anilines is 2. The SMILES string of the molecule is CO[C@H]1CCN(c2ccc(NC(=O)C(CNC[C@H](C)c3ccc(C#N)cc3)c3ccccc3)nc2)C1. The van der Waals surface area contributed by atoms with Gasteiger partial charge in [-0.15, -0.1) is 0 Å². The Kier molecular flexibility index (Phi) is 8.66. The van der Waals surface area contributed by atoms with Crippen molar-refractivity contribution >= 4 is 17.4 Å². The zero-order valence-corrected chi connectivity index (χ0v) is 20.9. The molecule has 0 spiro atoms. The number of ether oxygens (including phenoxy) is 1. The van der Waals surface area contributed by atoms with Crippen molar-refractivity contribution in [3.8, 4) is 6.07 Å². The molecule has 7 nitrogen and oxygen atoms in total. The van der Waals surface area contributed by atoms with Crippen molar-refractivity contribution in [1.82, 2.24) is 10.3 Å². The number of nitrogens with zero attached hydrogens (tertiary/aromatic N) is 3. The summed E-state index contributed by atoms with van der Waals surface area (Å²) in [7, 11) is 1.75. The average molecular weight is 484 g/mol. The van der Waals surface area contributed by atoms with E-state index in [1.165, 1.54) is 0 Å². The summed E-state index contributed by atoms with van der Waals surface area (Å²) in [4.78, 5) is 20.0. The van der Waals surface area contributed by atoms with E-state index in [4.69, 9.17) is 10.00 Å². The number of nitriles is 1. The third kappa shape index (κ3) is 6.48. The highest BCUT2D eigenvalue weighted by Gasteiger charge is 2.24. The number of rotatable bonds is 10. The number of nitrogens with one attached hydrogen (secondary N) is 2. The van der Waals surface area contributed by atoms with Gasteiger partial charge in [0.15, 0.2) is 0 Å². The Morgan fingerprint density at radius 2 is 1.89 bits per heavy atom. The third-order valence-electron chi connectivity index (χ3n) is 6.77. The first-order valence-electron chi connectivity index (χ1n) is 12.4. The summed E-state index contributed by atoms with van der Waals surface area (Å²) in [6, 6.07) is 23.5. The molecule has 4 rings (SSSR count). The van der Waals surface area contributed by atoms with Gasteiger partial charge in [0, 0.05) is 33.3 Å². The Hall–Kier alpha value is -3.73. The van der Waals surface area contributed by atoms with Crippen LogP contribution in [0.4, 0.5) is 11.5 Å². The fourth-order valence-corrected chi connectivity index (χ4v) is 4.51. The molecule has 1 aromatic heterocycles. The number of aromatic nitrogens is 1. The highest BCUT2D eigenvalue weighted by atomic mass is 16.5. The van der Waals surface area contributed by atoms with E-state index < -0.39 is 0 Å². The maximum absolute atomic E-state index is 13.3. The molecule has 2 heterocycles. The first kappa shape index (κ1) is 25.4. The summed E-state index contributed by atoms with van der Waals surface area (Å²) in [5.74, 6) is 0.329. The van der Waals surface area contributed by atoms with Crippen molar-refractivity contribution in [2.45, 2.75) is 31.3 Å². The predicted octanol–water partition coefficient (Wildman–Crippen LogP) is 4.29. The quantitative estimate of drug-likeness (QED) is 0.447. The average Bonchev–Trinajstić information content (AvgIpc) is 3.41. The molecule has 0 radical (unpaired) electrons. The number of amides is 1. The molecule has 2 N–H and O–H groups in total. The number of methoxy groups -OCH3 is 1. The van der Waals surface area contributed by atoms with Gasteiger partial charge in [-0.25, -0.2) is 4.98 Å². The molecule has 1 aliphatic rings. The van der Waals surface area contributed by atoms with Gasteiger partial charge >= 0.3 is 0 Å². The highest BCUT2D eigenvalue weighted by Crippen LogP contribution is 2.23. The Balaban J connectivity index is 1.37. The highest BCUT2D eigenvalue weighted by molar-refractivity contribution is 5.95. The number of hydrogen-bond donors (Lipinski definition) is 2. The maximum Gasteiger partial charge on any atom is 0.234 e. The molecule has 1 saturated heterocycles. The van der Waals surface area contributed by atoms with E-state index in [9.17, 15) is 4.79 Å². The first-order chi connectivity index (χ1) is 17.6. The van der Waals surface area contributed by atoms with Gasteiger partial charge in [0.2, 0.25) is 5.91 Å². The van der Waals surface area contributed by atoms with Crippen LogP contribution in [0.15, 0.2) is 72.9 Å². The lowest BCUT2D eigenvalue weighted by atomic mass is 9.96. The predicted molar refractivity (Wildman–Crippen MR) is 142 cm³/mol. The van der Waals surface area contributed by atoms with Crippen LogP contribution in [0.5, 0.6) is 0 Å². The van der Waals surface area contributed by atoms with Gasteiger partial charge in [-0.1, -0.05) is 49.4 Å². The molecule has 0 bridgehead atoms. The molecule has 3 aromatic rings. The van der Waals surface area contributed by atoms with Gasteiger partial charge in [-0.3, -0.25) is 4.79 Å². The van der Waals surface area contributed by atoms with Crippen LogP contribution < -0.4 is 15.5 Å². The first-order valence-corrected chi connectivity index (χ1v) is 12.4. The summed E-state index contributed by atoms with van der Waals surface area (Å²) < 4.78 is 5.45. The largest absolute Gasteiger partial charge is 0.380 e. The molecule has 3 atom stereocenters. The summed E-state index contributed by atoms with van der Waals surface area (Å²) in [5.41, 5.74) is 3.79. The fourth-order valence-electron chi connectivity index (χ4n) is 4.51. The molecule has 36 heavy (non-hydrogen) atoms. The van der Waals surface area contributed by atoms with Crippen LogP contribution in [-0.4, -0.2) is 50.3 Å². The molecular weight excluding hydrogens is 450 g/mol. The summed E-state index contributed by atoms with van der Waals surface area (Å²) in [6.07, 6.45) is 3.07. The fraction of sp³-hybridized carbons (Fsp3) is 0.345. The number of hydrogen-bond acceptors (Lipinski definition) is 6. The van der Waals surface area contributed by atoms with Crippen molar-refractivity contribution in [2.75, 3.05) is 43.5 Å². The number of carbonyl (C=O) groups excluding carboxylic acids is 1. The molecule has 186 valence electrons. The Morgan fingerprint density at radius 3 is 2.53 bits per heavy atom. The zero-order valence-electron chi connectivity index (χ0n) is 20.9. The van der Waals surface area contributed by atoms with Crippen LogP contribution >= 0.6 is 0 Å². The number of carbonyl (C=O) groups is 1. The van der Waals surface area contributed by atoms with Crippen LogP contribution in [0, 0.1) is 11.3 Å². The summed E-state index contributed by atoms with van der Waals surface area (Å²) in [6.45, 7) is 5.14. The smallest absolute Gasteiger partial charge is 0.234 e. The topological polar surface area (TPSA) is 90.3 Å². The minimum Gasteiger partial charge on any atom is -0.380 e. The summed E-state index contributed by atoms with van der Waals surface area (Å²) in [5, 5.41) is 15.5. The molecule has 0 aliphatic carbocycles. The molecule has 2 aromatic carbocycles. The monoisotopic (exact) mass is 483 g/mol. The number of benzene rings is 2. The van der Waals surface area contributed by atoms with Crippen LogP contribution in [-0.2, 0) is 9.53 Å². The molecule has 1 aliphatic heterocycles. The standard InChI is InChI=1S/C29H33N5O2/c1-21(23-10-8-22(16-30)9-11-23)17-31-19-27(24-6-4-3-5-7-24)29(35)33-28-13-12-25(18-32-28)34-15-14-26(20-34)36-2/h3-13,18,21,26-27,31H,14-15,17,19-20H2,1-2H3,(H,32,33,35)/t21-,26-,27?/m0/s1. The Morgan fingerprint density at radius 1 is 1.11 bits per heavy atom. The van der Waals surface area contributed by atoms with E-state index in [-0.39, 0.29) is 23.8 Å². The van der Waals surface area contributed by atoms with Crippen molar-refractivity contribution in [2.24, 2.45) is 0 Å². The Labute approximate surface area is 213 Å². The third-order valence-corrected chi connectivity index (χ3v) is 6.77. The van der Waals surface area contributed by atoms with Gasteiger partial charge in [0.1, 0.15) is 5.82 Å². The lowest BCUT2D eigenvalue weighted by Gasteiger charge is -2.20. The minimum atomic E-state index is -0.359. The van der Waals surface area contributed by atoms with Crippen LogP contribution in [0.25, 0.3) is 0 Å². The molecule has 7 heteroatoms. The van der Waals surface area contributed by atoms with Gasteiger partial charge in [-0.05, 0) is 47.7 Å². The van der Waals surface area contributed by atoms with Gasteiger partial charge in [-0.2, -0.15) is 5.26 Å². The molecule has 1 unspecified atom stereocenters. The normalized spacial score (nSPS) is 16.8. The molecule has 0 saturated carbocycles. The van der Waals surface area contributed by atoms with E-state index in [0.29, 0.717) is 24.5 Å². The van der Waals surface area contributed by atoms with Crippen LogP contribution in [0.2, 0.25) is 0 Å². The second-order valence-electron chi connectivity index (χ2n) is 9.24. The lowest BCUT2D eigenvalue weighted by molar-refractivity contribution is -0.117. The van der Waals surface area contributed by atoms with E-state index >= 15 is 0 Å². The molecule has 1 amide bonds. The van der Waals surface area contributed by atoms with Crippen LogP contribution in [0.1, 0.15) is 41.9 Å². The second kappa shape index (κ2) is 12.3. The maximum atomic E-state index is 13.3. The van der Waals surface area contributed by atoms with Crippen molar-refractivity contribution in [3.05, 3.63) is 89.6 Å². The van der Waals surface area contributed by atoms with E-state index in [1.54, 1.807) is 7.11 Å². The molecular formula is C29H33N5O2. The van der Waals surface area contributed by atoms with Crippen molar-refractivity contribution in [1.29, 1.82) is 5.26 Å².